The summed E-state index contributed by atoms with van der Waals surface area (Å²) in [7, 11) is 0. The van der Waals surface area contributed by atoms with Gasteiger partial charge in [-0.05, 0) is 80.6 Å². The maximum absolute atomic E-state index is 4.08. The number of halogens is 1. The molecule has 1 heteroatoms. The molecule has 0 saturated heterocycles. The van der Waals surface area contributed by atoms with Gasteiger partial charge in [-0.2, -0.15) is 0 Å². The summed E-state index contributed by atoms with van der Waals surface area (Å²) >= 11 is 4.08. The molecule has 4 saturated carbocycles. The highest BCUT2D eigenvalue weighted by molar-refractivity contribution is 9.09. The molecule has 0 aliphatic heterocycles. The van der Waals surface area contributed by atoms with Gasteiger partial charge >= 0.3 is 0 Å². The topological polar surface area (TPSA) is 0 Å². The number of benzene rings is 1. The summed E-state index contributed by atoms with van der Waals surface area (Å²) in [6, 6.07) is 9.15. The van der Waals surface area contributed by atoms with Crippen LogP contribution in [0.2, 0.25) is 0 Å². The van der Waals surface area contributed by atoms with Gasteiger partial charge in [0, 0.05) is 4.83 Å². The Morgan fingerprint density at radius 2 is 1.50 bits per heavy atom. The van der Waals surface area contributed by atoms with Gasteiger partial charge in [-0.15, -0.1) is 0 Å². The minimum absolute atomic E-state index is 0.695. The summed E-state index contributed by atoms with van der Waals surface area (Å²) < 4.78 is 0. The van der Waals surface area contributed by atoms with Crippen molar-refractivity contribution in [2.24, 2.45) is 29.6 Å². The fourth-order valence-electron chi connectivity index (χ4n) is 5.64. The molecule has 0 nitrogen and oxygen atoms in total. The smallest absolute Gasteiger partial charge is 0.0219 e. The summed E-state index contributed by atoms with van der Waals surface area (Å²) in [6.07, 6.45) is 8.92. The van der Waals surface area contributed by atoms with E-state index in [2.05, 4.69) is 47.1 Å². The SMILES string of the molecule is Cc1ccc(CC(Br)C2C3CC4CC(C3)CC2C4)cc1. The van der Waals surface area contributed by atoms with Crippen LogP contribution in [0.15, 0.2) is 24.3 Å². The summed E-state index contributed by atoms with van der Waals surface area (Å²) in [4.78, 5) is 0.695. The molecule has 0 N–H and O–H groups in total. The van der Waals surface area contributed by atoms with Crippen LogP contribution in [-0.4, -0.2) is 4.83 Å². The second kappa shape index (κ2) is 5.16. The Bertz CT molecular complexity index is 447. The molecule has 108 valence electrons. The van der Waals surface area contributed by atoms with Crippen LogP contribution < -0.4 is 0 Å². The van der Waals surface area contributed by atoms with Crippen molar-refractivity contribution in [1.29, 1.82) is 0 Å². The van der Waals surface area contributed by atoms with Crippen LogP contribution in [0.4, 0.5) is 0 Å². The monoisotopic (exact) mass is 332 g/mol. The van der Waals surface area contributed by atoms with E-state index in [9.17, 15) is 0 Å². The Hall–Kier alpha value is -0.300. The van der Waals surface area contributed by atoms with Crippen molar-refractivity contribution in [2.75, 3.05) is 0 Å². The van der Waals surface area contributed by atoms with Crippen molar-refractivity contribution in [3.8, 4) is 0 Å². The van der Waals surface area contributed by atoms with E-state index in [0.29, 0.717) is 4.83 Å². The zero-order valence-electron chi connectivity index (χ0n) is 12.4. The lowest BCUT2D eigenvalue weighted by Crippen LogP contribution is -2.48. The fourth-order valence-corrected chi connectivity index (χ4v) is 6.88. The van der Waals surface area contributed by atoms with Crippen molar-refractivity contribution in [3.05, 3.63) is 35.4 Å². The van der Waals surface area contributed by atoms with Crippen molar-refractivity contribution in [3.63, 3.8) is 0 Å². The summed E-state index contributed by atoms with van der Waals surface area (Å²) in [5.74, 6) is 5.19. The normalized spacial score (nSPS) is 40.0. The molecule has 1 aromatic carbocycles. The van der Waals surface area contributed by atoms with Crippen molar-refractivity contribution < 1.29 is 0 Å². The van der Waals surface area contributed by atoms with E-state index in [1.165, 1.54) is 43.2 Å². The molecule has 4 bridgehead atoms. The third-order valence-electron chi connectivity index (χ3n) is 6.27. The van der Waals surface area contributed by atoms with E-state index in [1.54, 1.807) is 6.42 Å². The van der Waals surface area contributed by atoms with Gasteiger partial charge in [0.05, 0.1) is 0 Å². The Kier molecular flexibility index (Phi) is 3.45. The molecule has 20 heavy (non-hydrogen) atoms. The Balaban J connectivity index is 1.48. The third kappa shape index (κ3) is 2.36. The molecule has 1 unspecified atom stereocenters. The van der Waals surface area contributed by atoms with Gasteiger partial charge < -0.3 is 0 Å². The van der Waals surface area contributed by atoms with Crippen LogP contribution >= 0.6 is 15.9 Å². The number of hydrogen-bond acceptors (Lipinski definition) is 0. The zero-order chi connectivity index (χ0) is 13.7. The van der Waals surface area contributed by atoms with Crippen LogP contribution in [0, 0.1) is 36.5 Å². The first-order chi connectivity index (χ1) is 9.69. The predicted octanol–water partition coefficient (Wildman–Crippen LogP) is 5.37. The highest BCUT2D eigenvalue weighted by Crippen LogP contribution is 2.58. The van der Waals surface area contributed by atoms with Gasteiger partial charge in [-0.1, -0.05) is 45.8 Å². The van der Waals surface area contributed by atoms with Crippen molar-refractivity contribution in [2.45, 2.75) is 50.3 Å². The summed E-state index contributed by atoms with van der Waals surface area (Å²) in [6.45, 7) is 2.17. The molecule has 0 radical (unpaired) electrons. The first-order valence-corrected chi connectivity index (χ1v) is 9.30. The van der Waals surface area contributed by atoms with E-state index >= 15 is 0 Å². The highest BCUT2D eigenvalue weighted by atomic mass is 79.9. The molecule has 0 spiro atoms. The van der Waals surface area contributed by atoms with Crippen LogP contribution in [0.25, 0.3) is 0 Å². The third-order valence-corrected chi connectivity index (χ3v) is 7.20. The largest absolute Gasteiger partial charge is 0.0884 e. The van der Waals surface area contributed by atoms with E-state index < -0.39 is 0 Å². The molecule has 4 fully saturated rings. The first kappa shape index (κ1) is 13.4. The molecular formula is C19H25Br. The van der Waals surface area contributed by atoms with Crippen molar-refractivity contribution in [1.82, 2.24) is 0 Å². The lowest BCUT2D eigenvalue weighted by atomic mass is 9.51. The van der Waals surface area contributed by atoms with Gasteiger partial charge in [-0.25, -0.2) is 0 Å². The molecule has 0 heterocycles. The van der Waals surface area contributed by atoms with Gasteiger partial charge in [0.1, 0.15) is 0 Å². The molecule has 4 aliphatic rings. The summed E-state index contributed by atoms with van der Waals surface area (Å²) in [5, 5.41) is 0. The Labute approximate surface area is 131 Å². The maximum atomic E-state index is 4.08. The molecule has 5 rings (SSSR count). The fraction of sp³-hybridized carbons (Fsp3) is 0.684. The van der Waals surface area contributed by atoms with E-state index in [4.69, 9.17) is 0 Å². The van der Waals surface area contributed by atoms with Gasteiger partial charge in [0.2, 0.25) is 0 Å². The minimum Gasteiger partial charge on any atom is -0.0884 e. The van der Waals surface area contributed by atoms with Gasteiger partial charge in [0.15, 0.2) is 0 Å². The van der Waals surface area contributed by atoms with E-state index in [-0.39, 0.29) is 0 Å². The van der Waals surface area contributed by atoms with Gasteiger partial charge in [-0.3, -0.25) is 0 Å². The lowest BCUT2D eigenvalue weighted by Gasteiger charge is -2.55. The number of aryl methyl sites for hydroxylation is 1. The minimum atomic E-state index is 0.695. The molecule has 0 aromatic heterocycles. The number of alkyl halides is 1. The second-order valence-electron chi connectivity index (χ2n) is 7.71. The zero-order valence-corrected chi connectivity index (χ0v) is 14.0. The van der Waals surface area contributed by atoms with E-state index in [0.717, 1.165) is 29.6 Å². The predicted molar refractivity (Wildman–Crippen MR) is 88.1 cm³/mol. The highest BCUT2D eigenvalue weighted by Gasteiger charge is 2.49. The average molecular weight is 333 g/mol. The maximum Gasteiger partial charge on any atom is 0.0219 e. The van der Waals surface area contributed by atoms with Crippen LogP contribution in [0.5, 0.6) is 0 Å². The van der Waals surface area contributed by atoms with Crippen LogP contribution in [0.1, 0.15) is 43.2 Å². The first-order valence-electron chi connectivity index (χ1n) is 8.38. The van der Waals surface area contributed by atoms with Gasteiger partial charge in [0.25, 0.3) is 0 Å². The quantitative estimate of drug-likeness (QED) is 0.652. The standard InChI is InChI=1S/C19H25Br/c1-12-2-4-13(5-3-12)11-18(20)19-16-7-14-6-15(9-16)10-17(19)8-14/h2-5,14-19H,6-11H2,1H3. The van der Waals surface area contributed by atoms with Crippen LogP contribution in [-0.2, 0) is 6.42 Å². The average Bonchev–Trinajstić information content (AvgIpc) is 2.40. The van der Waals surface area contributed by atoms with Crippen LogP contribution in [0.3, 0.4) is 0 Å². The second-order valence-corrected chi connectivity index (χ2v) is 8.89. The Morgan fingerprint density at radius 3 is 2.05 bits per heavy atom. The molecule has 4 aliphatic carbocycles. The number of rotatable bonds is 3. The van der Waals surface area contributed by atoms with E-state index in [1.807, 2.05) is 0 Å². The number of hydrogen-bond donors (Lipinski definition) is 0. The molecule has 1 aromatic rings. The molecule has 0 amide bonds. The Morgan fingerprint density at radius 1 is 0.950 bits per heavy atom. The lowest BCUT2D eigenvalue weighted by molar-refractivity contribution is -0.0360. The van der Waals surface area contributed by atoms with Crippen molar-refractivity contribution >= 4 is 15.9 Å². The summed E-state index contributed by atoms with van der Waals surface area (Å²) in [5.41, 5.74) is 2.88. The molecular weight excluding hydrogens is 308 g/mol. The molecule has 1 atom stereocenters.